The first kappa shape index (κ1) is 15.2. The Kier molecular flexibility index (Phi) is 4.72. The third-order valence-electron chi connectivity index (χ3n) is 2.77. The largest absolute Gasteiger partial charge is 0.264 e. The molecule has 0 amide bonds. The summed E-state index contributed by atoms with van der Waals surface area (Å²) in [5, 5.41) is 0. The average molecular weight is 292 g/mol. The lowest BCUT2D eigenvalue weighted by atomic mass is 10.2. The van der Waals surface area contributed by atoms with E-state index in [9.17, 15) is 0 Å². The highest BCUT2D eigenvalue weighted by Crippen LogP contribution is 2.14. The summed E-state index contributed by atoms with van der Waals surface area (Å²) in [5.41, 5.74) is 7.28. The number of hydrogen-bond acceptors (Lipinski definition) is 2. The molecule has 2 aromatic rings. The van der Waals surface area contributed by atoms with Gasteiger partial charge in [0, 0.05) is 18.0 Å². The maximum atomic E-state index is 4.70. The minimum atomic E-state index is -1.44. The number of hydrogen-bond donors (Lipinski definition) is 0. The van der Waals surface area contributed by atoms with E-state index in [1.54, 1.807) is 6.20 Å². The Morgan fingerprint density at radius 3 is 2.38 bits per heavy atom. The van der Waals surface area contributed by atoms with Crippen molar-refractivity contribution < 1.29 is 0 Å². The molecule has 0 saturated heterocycles. The summed E-state index contributed by atoms with van der Waals surface area (Å²) in [6, 6.07) is 12.1. The Morgan fingerprint density at radius 1 is 1.10 bits per heavy atom. The van der Waals surface area contributed by atoms with Crippen molar-refractivity contribution in [3.8, 4) is 11.5 Å². The van der Waals surface area contributed by atoms with Crippen molar-refractivity contribution in [3.63, 3.8) is 0 Å². The maximum absolute atomic E-state index is 4.70. The fourth-order valence-corrected chi connectivity index (χ4v) is 2.16. The Balaban J connectivity index is 2.45. The summed E-state index contributed by atoms with van der Waals surface area (Å²) in [4.78, 5) is 8.87. The van der Waals surface area contributed by atoms with Crippen LogP contribution in [0.2, 0.25) is 19.6 Å². The smallest absolute Gasteiger partial charge is 0.129 e. The minimum absolute atomic E-state index is 0.786. The van der Waals surface area contributed by atoms with E-state index in [1.165, 1.54) is 5.56 Å². The minimum Gasteiger partial charge on any atom is -0.264 e. The van der Waals surface area contributed by atoms with Gasteiger partial charge in [-0.15, -0.1) is 5.54 Å². The molecule has 0 bridgehead atoms. The second-order valence-corrected chi connectivity index (χ2v) is 10.8. The molecule has 106 valence electrons. The molecule has 0 N–H and O–H groups in total. The molecule has 0 fully saturated rings. The van der Waals surface area contributed by atoms with Crippen LogP contribution in [0.4, 0.5) is 5.69 Å². The quantitative estimate of drug-likeness (QED) is 0.458. The van der Waals surface area contributed by atoms with Gasteiger partial charge in [0.15, 0.2) is 0 Å². The number of aromatic nitrogens is 1. The first-order chi connectivity index (χ1) is 9.94. The summed E-state index contributed by atoms with van der Waals surface area (Å²) < 4.78 is 0. The zero-order chi connectivity index (χ0) is 15.3. The number of pyridine rings is 1. The van der Waals surface area contributed by atoms with Gasteiger partial charge in [0.1, 0.15) is 13.8 Å². The van der Waals surface area contributed by atoms with E-state index in [0.29, 0.717) is 0 Å². The Hall–Kier alpha value is -2.18. The lowest BCUT2D eigenvalue weighted by molar-refractivity contribution is 1.31. The SMILES string of the molecule is Cc1ccc(N=C(C#C[Si](C)(C)C)c2cccnc2)cc1. The van der Waals surface area contributed by atoms with Gasteiger partial charge in [-0.05, 0) is 31.2 Å². The summed E-state index contributed by atoms with van der Waals surface area (Å²) in [7, 11) is -1.44. The van der Waals surface area contributed by atoms with E-state index in [2.05, 4.69) is 55.1 Å². The average Bonchev–Trinajstić information content (AvgIpc) is 2.45. The van der Waals surface area contributed by atoms with Crippen molar-refractivity contribution in [2.75, 3.05) is 0 Å². The maximum Gasteiger partial charge on any atom is 0.129 e. The van der Waals surface area contributed by atoms with Crippen LogP contribution in [0.25, 0.3) is 0 Å². The zero-order valence-corrected chi connectivity index (χ0v) is 14.0. The van der Waals surface area contributed by atoms with Crippen LogP contribution in [-0.2, 0) is 0 Å². The van der Waals surface area contributed by atoms with Crippen LogP contribution in [0, 0.1) is 18.4 Å². The molecule has 0 aliphatic rings. The summed E-state index contributed by atoms with van der Waals surface area (Å²) >= 11 is 0. The Labute approximate surface area is 128 Å². The van der Waals surface area contributed by atoms with Gasteiger partial charge in [0.25, 0.3) is 0 Å². The van der Waals surface area contributed by atoms with Crippen LogP contribution in [0.5, 0.6) is 0 Å². The highest BCUT2D eigenvalue weighted by molar-refractivity contribution is 6.84. The van der Waals surface area contributed by atoms with Crippen LogP contribution in [0.1, 0.15) is 11.1 Å². The molecular formula is C18H20N2Si. The fraction of sp³-hybridized carbons (Fsp3) is 0.222. The zero-order valence-electron chi connectivity index (χ0n) is 13.0. The van der Waals surface area contributed by atoms with Crippen molar-refractivity contribution in [1.29, 1.82) is 0 Å². The van der Waals surface area contributed by atoms with E-state index in [4.69, 9.17) is 4.99 Å². The number of benzene rings is 1. The van der Waals surface area contributed by atoms with Gasteiger partial charge in [-0.3, -0.25) is 4.98 Å². The van der Waals surface area contributed by atoms with Crippen LogP contribution in [0.15, 0.2) is 53.8 Å². The molecule has 0 saturated carbocycles. The molecule has 0 aliphatic carbocycles. The predicted molar refractivity (Wildman–Crippen MR) is 92.7 cm³/mol. The lowest BCUT2D eigenvalue weighted by Gasteiger charge is -2.05. The molecule has 0 unspecified atom stereocenters. The standard InChI is InChI=1S/C18H20N2Si/c1-15-7-9-17(10-8-15)20-18(11-13-21(2,3)4)16-6-5-12-19-14-16/h5-10,12,14H,1-4H3. The van der Waals surface area contributed by atoms with Gasteiger partial charge >= 0.3 is 0 Å². The van der Waals surface area contributed by atoms with Gasteiger partial charge < -0.3 is 0 Å². The topological polar surface area (TPSA) is 25.2 Å². The second kappa shape index (κ2) is 6.51. The van der Waals surface area contributed by atoms with Crippen LogP contribution < -0.4 is 0 Å². The van der Waals surface area contributed by atoms with Crippen molar-refractivity contribution in [2.24, 2.45) is 4.99 Å². The molecule has 2 nitrogen and oxygen atoms in total. The summed E-state index contributed by atoms with van der Waals surface area (Å²) in [6.45, 7) is 8.76. The molecule has 0 atom stereocenters. The molecule has 21 heavy (non-hydrogen) atoms. The normalized spacial score (nSPS) is 11.7. The van der Waals surface area contributed by atoms with E-state index in [-0.39, 0.29) is 0 Å². The second-order valence-electron chi connectivity index (χ2n) is 6.04. The Morgan fingerprint density at radius 2 is 1.81 bits per heavy atom. The molecule has 0 spiro atoms. The highest BCUT2D eigenvalue weighted by atomic mass is 28.3. The van der Waals surface area contributed by atoms with Crippen molar-refractivity contribution in [3.05, 3.63) is 59.9 Å². The fourth-order valence-electron chi connectivity index (χ4n) is 1.66. The van der Waals surface area contributed by atoms with Gasteiger partial charge in [0.05, 0.1) is 5.69 Å². The molecule has 3 heteroatoms. The number of aliphatic imine (C=N–C) groups is 1. The molecule has 2 rings (SSSR count). The van der Waals surface area contributed by atoms with Crippen LogP contribution in [-0.4, -0.2) is 18.8 Å². The number of aryl methyl sites for hydroxylation is 1. The highest BCUT2D eigenvalue weighted by Gasteiger charge is 2.09. The lowest BCUT2D eigenvalue weighted by Crippen LogP contribution is -2.17. The van der Waals surface area contributed by atoms with E-state index >= 15 is 0 Å². The third-order valence-corrected chi connectivity index (χ3v) is 3.64. The van der Waals surface area contributed by atoms with E-state index in [0.717, 1.165) is 17.0 Å². The van der Waals surface area contributed by atoms with Gasteiger partial charge in [-0.2, -0.15) is 0 Å². The van der Waals surface area contributed by atoms with E-state index < -0.39 is 8.07 Å². The van der Waals surface area contributed by atoms with Crippen molar-refractivity contribution in [2.45, 2.75) is 26.6 Å². The monoisotopic (exact) mass is 292 g/mol. The van der Waals surface area contributed by atoms with Crippen molar-refractivity contribution >= 4 is 19.5 Å². The van der Waals surface area contributed by atoms with Gasteiger partial charge in [0.2, 0.25) is 0 Å². The predicted octanol–water partition coefficient (Wildman–Crippen LogP) is 4.39. The molecular weight excluding hydrogens is 272 g/mol. The van der Waals surface area contributed by atoms with Crippen LogP contribution >= 0.6 is 0 Å². The molecule has 1 aromatic carbocycles. The van der Waals surface area contributed by atoms with Gasteiger partial charge in [-0.25, -0.2) is 4.99 Å². The Bertz CT molecular complexity index is 684. The molecule has 0 aliphatic heterocycles. The summed E-state index contributed by atoms with van der Waals surface area (Å²) in [6.07, 6.45) is 3.57. The number of nitrogens with zero attached hydrogens (tertiary/aromatic N) is 2. The summed E-state index contributed by atoms with van der Waals surface area (Å²) in [5.74, 6) is 3.26. The van der Waals surface area contributed by atoms with E-state index in [1.807, 2.05) is 30.5 Å². The van der Waals surface area contributed by atoms with Crippen molar-refractivity contribution in [1.82, 2.24) is 4.98 Å². The van der Waals surface area contributed by atoms with Crippen LogP contribution in [0.3, 0.4) is 0 Å². The number of rotatable bonds is 2. The van der Waals surface area contributed by atoms with Gasteiger partial charge in [-0.1, -0.05) is 43.3 Å². The molecule has 0 radical (unpaired) electrons. The first-order valence-corrected chi connectivity index (χ1v) is 10.5. The molecule has 1 aromatic heterocycles. The first-order valence-electron chi connectivity index (χ1n) is 7.03. The third kappa shape index (κ3) is 5.01. The molecule has 1 heterocycles.